The molecular weight excluding hydrogens is 396 g/mol. The number of fused-ring (bicyclic) bond motifs is 1. The minimum atomic E-state index is 0. The van der Waals surface area contributed by atoms with Crippen molar-refractivity contribution in [3.8, 4) is 11.8 Å². The summed E-state index contributed by atoms with van der Waals surface area (Å²) < 4.78 is 1.84. The molecule has 30 heavy (non-hydrogen) atoms. The number of aromatic nitrogens is 2. The molecule has 0 saturated carbocycles. The number of pyridine rings is 2. The molecule has 1 saturated heterocycles. The maximum absolute atomic E-state index is 12.3. The summed E-state index contributed by atoms with van der Waals surface area (Å²) in [4.78, 5) is 18.9. The Morgan fingerprint density at radius 2 is 1.83 bits per heavy atom. The van der Waals surface area contributed by atoms with E-state index in [0.29, 0.717) is 12.6 Å². The normalized spacial score (nSPS) is 14.7. The second-order valence-electron chi connectivity index (χ2n) is 7.42. The lowest BCUT2D eigenvalue weighted by Gasteiger charge is -2.32. The third-order valence-electron chi connectivity index (χ3n) is 5.51. The molecular formula is C24H27ClN4O. The SMILES string of the molecule is Cl.O=c1ccc2ccncc2n1CCN1CCC(NCC#Cc2ccccc2)CC1. The van der Waals surface area contributed by atoms with E-state index in [1.807, 2.05) is 47.0 Å². The van der Waals surface area contributed by atoms with Crippen LogP contribution in [0, 0.1) is 11.8 Å². The molecule has 2 aromatic heterocycles. The summed E-state index contributed by atoms with van der Waals surface area (Å²) in [6.07, 6.45) is 5.76. The molecule has 0 bridgehead atoms. The number of benzene rings is 1. The van der Waals surface area contributed by atoms with Gasteiger partial charge in [0.1, 0.15) is 0 Å². The van der Waals surface area contributed by atoms with Gasteiger partial charge in [-0.25, -0.2) is 0 Å². The first-order valence-electron chi connectivity index (χ1n) is 10.2. The average Bonchev–Trinajstić information content (AvgIpc) is 2.78. The first-order valence-corrected chi connectivity index (χ1v) is 10.2. The van der Waals surface area contributed by atoms with Crippen LogP contribution >= 0.6 is 12.4 Å². The molecule has 6 heteroatoms. The van der Waals surface area contributed by atoms with Crippen molar-refractivity contribution in [1.82, 2.24) is 19.8 Å². The van der Waals surface area contributed by atoms with E-state index >= 15 is 0 Å². The predicted molar refractivity (Wildman–Crippen MR) is 124 cm³/mol. The maximum atomic E-state index is 12.3. The van der Waals surface area contributed by atoms with Gasteiger partial charge in [0.2, 0.25) is 0 Å². The second kappa shape index (κ2) is 10.9. The van der Waals surface area contributed by atoms with Crippen LogP contribution in [0.5, 0.6) is 0 Å². The molecule has 0 amide bonds. The minimum absolute atomic E-state index is 0. The molecule has 3 aromatic rings. The van der Waals surface area contributed by atoms with E-state index in [4.69, 9.17) is 0 Å². The number of piperidine rings is 1. The van der Waals surface area contributed by atoms with Gasteiger partial charge in [0.15, 0.2) is 0 Å². The van der Waals surface area contributed by atoms with Gasteiger partial charge in [0, 0.05) is 42.3 Å². The number of likely N-dealkylation sites (tertiary alicyclic amines) is 1. The zero-order valence-electron chi connectivity index (χ0n) is 17.0. The summed E-state index contributed by atoms with van der Waals surface area (Å²) >= 11 is 0. The Morgan fingerprint density at radius 3 is 2.63 bits per heavy atom. The van der Waals surface area contributed by atoms with Gasteiger partial charge in [-0.3, -0.25) is 9.78 Å². The molecule has 1 aromatic carbocycles. The first-order chi connectivity index (χ1) is 14.3. The van der Waals surface area contributed by atoms with Crippen molar-refractivity contribution in [2.24, 2.45) is 0 Å². The van der Waals surface area contributed by atoms with E-state index in [1.165, 1.54) is 0 Å². The third kappa shape index (κ3) is 5.70. The standard InChI is InChI=1S/C24H26N4O.ClH/c29-24-9-8-21-10-14-25-19-23(21)28(24)18-17-27-15-11-22(12-16-27)26-13-4-7-20-5-2-1-3-6-20;/h1-3,5-6,8-10,14,19,22,26H,11-13,15-18H2;1H. The highest BCUT2D eigenvalue weighted by atomic mass is 35.5. The summed E-state index contributed by atoms with van der Waals surface area (Å²) in [5.41, 5.74) is 2.01. The smallest absolute Gasteiger partial charge is 0.251 e. The Kier molecular flexibility index (Phi) is 8.04. The topological polar surface area (TPSA) is 50.2 Å². The van der Waals surface area contributed by atoms with Crippen molar-refractivity contribution in [3.05, 3.63) is 76.8 Å². The fourth-order valence-electron chi connectivity index (χ4n) is 3.83. The Balaban J connectivity index is 0.00000256. The fraction of sp³-hybridized carbons (Fsp3) is 0.333. The monoisotopic (exact) mass is 422 g/mol. The molecule has 1 N–H and O–H groups in total. The predicted octanol–water partition coefficient (Wildman–Crippen LogP) is 2.92. The molecule has 5 nitrogen and oxygen atoms in total. The second-order valence-corrected chi connectivity index (χ2v) is 7.42. The summed E-state index contributed by atoms with van der Waals surface area (Å²) in [5.74, 6) is 6.40. The number of nitrogens with one attached hydrogen (secondary N) is 1. The fourth-order valence-corrected chi connectivity index (χ4v) is 3.83. The van der Waals surface area contributed by atoms with Gasteiger partial charge in [-0.15, -0.1) is 12.4 Å². The Morgan fingerprint density at radius 1 is 1.03 bits per heavy atom. The Hall–Kier alpha value is -2.65. The van der Waals surface area contributed by atoms with Crippen LogP contribution in [0.1, 0.15) is 18.4 Å². The van der Waals surface area contributed by atoms with Gasteiger partial charge in [-0.1, -0.05) is 30.0 Å². The summed E-state index contributed by atoms with van der Waals surface area (Å²) in [6, 6.07) is 16.1. The molecule has 0 atom stereocenters. The molecule has 0 aliphatic carbocycles. The van der Waals surface area contributed by atoms with Crippen molar-refractivity contribution in [2.45, 2.75) is 25.4 Å². The van der Waals surface area contributed by atoms with Crippen molar-refractivity contribution in [2.75, 3.05) is 26.2 Å². The summed E-state index contributed by atoms with van der Waals surface area (Å²) in [6.45, 7) is 4.39. The van der Waals surface area contributed by atoms with Crippen LogP contribution in [0.3, 0.4) is 0 Å². The molecule has 1 fully saturated rings. The molecule has 3 heterocycles. The number of hydrogen-bond acceptors (Lipinski definition) is 4. The largest absolute Gasteiger partial charge is 0.305 e. The lowest BCUT2D eigenvalue weighted by atomic mass is 10.1. The highest BCUT2D eigenvalue weighted by molar-refractivity contribution is 5.85. The lowest BCUT2D eigenvalue weighted by molar-refractivity contribution is 0.194. The number of nitrogens with zero attached hydrogens (tertiary/aromatic N) is 3. The van der Waals surface area contributed by atoms with Crippen LogP contribution in [0.4, 0.5) is 0 Å². The van der Waals surface area contributed by atoms with Crippen LogP contribution in [-0.2, 0) is 6.54 Å². The van der Waals surface area contributed by atoms with E-state index < -0.39 is 0 Å². The van der Waals surface area contributed by atoms with Crippen LogP contribution < -0.4 is 10.9 Å². The van der Waals surface area contributed by atoms with Gasteiger partial charge >= 0.3 is 0 Å². The van der Waals surface area contributed by atoms with Crippen molar-refractivity contribution >= 4 is 23.3 Å². The summed E-state index contributed by atoms with van der Waals surface area (Å²) in [5, 5.41) is 4.61. The molecule has 156 valence electrons. The van der Waals surface area contributed by atoms with E-state index in [1.54, 1.807) is 18.5 Å². The zero-order chi connectivity index (χ0) is 19.9. The van der Waals surface area contributed by atoms with Gasteiger partial charge in [-0.05, 0) is 50.2 Å². The maximum Gasteiger partial charge on any atom is 0.251 e. The van der Waals surface area contributed by atoms with Crippen molar-refractivity contribution in [1.29, 1.82) is 0 Å². The highest BCUT2D eigenvalue weighted by Gasteiger charge is 2.18. The van der Waals surface area contributed by atoms with Crippen LogP contribution in [0.25, 0.3) is 10.9 Å². The molecule has 4 rings (SSSR count). The van der Waals surface area contributed by atoms with Crippen molar-refractivity contribution in [3.63, 3.8) is 0 Å². The Labute approximate surface area is 183 Å². The van der Waals surface area contributed by atoms with Gasteiger partial charge in [0.05, 0.1) is 18.3 Å². The van der Waals surface area contributed by atoms with E-state index in [9.17, 15) is 4.79 Å². The van der Waals surface area contributed by atoms with Gasteiger partial charge in [-0.2, -0.15) is 0 Å². The molecule has 1 aliphatic rings. The van der Waals surface area contributed by atoms with E-state index in [0.717, 1.165) is 55.5 Å². The Bertz CT molecular complexity index is 1060. The number of hydrogen-bond donors (Lipinski definition) is 1. The lowest BCUT2D eigenvalue weighted by Crippen LogP contribution is -2.44. The minimum Gasteiger partial charge on any atom is -0.305 e. The van der Waals surface area contributed by atoms with E-state index in [-0.39, 0.29) is 18.0 Å². The number of halogens is 1. The molecule has 1 aliphatic heterocycles. The van der Waals surface area contributed by atoms with Crippen LogP contribution in [0.15, 0.2) is 65.7 Å². The molecule has 0 unspecified atom stereocenters. The average molecular weight is 423 g/mol. The first kappa shape index (κ1) is 22.0. The van der Waals surface area contributed by atoms with Crippen LogP contribution in [0.2, 0.25) is 0 Å². The van der Waals surface area contributed by atoms with Gasteiger partial charge < -0.3 is 14.8 Å². The summed E-state index contributed by atoms with van der Waals surface area (Å²) in [7, 11) is 0. The molecule has 0 radical (unpaired) electrons. The van der Waals surface area contributed by atoms with Crippen molar-refractivity contribution < 1.29 is 0 Å². The molecule has 0 spiro atoms. The van der Waals surface area contributed by atoms with Gasteiger partial charge in [0.25, 0.3) is 5.56 Å². The van der Waals surface area contributed by atoms with Crippen LogP contribution in [-0.4, -0.2) is 46.7 Å². The zero-order valence-corrected chi connectivity index (χ0v) is 17.8. The van der Waals surface area contributed by atoms with E-state index in [2.05, 4.69) is 27.0 Å². The number of rotatable bonds is 5. The quantitative estimate of drug-likeness (QED) is 0.642. The third-order valence-corrected chi connectivity index (χ3v) is 5.51. The highest BCUT2D eigenvalue weighted by Crippen LogP contribution is 2.12.